The average Bonchev–Trinajstić information content (AvgIpc) is 2.90. The van der Waals surface area contributed by atoms with Crippen molar-refractivity contribution in [3.05, 3.63) is 35.4 Å². The molecule has 1 heterocycles. The summed E-state index contributed by atoms with van der Waals surface area (Å²) in [5.74, 6) is 1.40. The van der Waals surface area contributed by atoms with Crippen molar-refractivity contribution in [3.63, 3.8) is 0 Å². The molecular weight excluding hydrogens is 288 g/mol. The molecule has 0 atom stereocenters. The highest BCUT2D eigenvalue weighted by atomic mass is 16.2. The van der Waals surface area contributed by atoms with E-state index in [0.717, 1.165) is 37.1 Å². The smallest absolute Gasteiger partial charge is 0.222 e. The number of likely N-dealkylation sites (tertiary alicyclic amines) is 1. The van der Waals surface area contributed by atoms with E-state index in [2.05, 4.69) is 36.3 Å². The van der Waals surface area contributed by atoms with Gasteiger partial charge in [0.15, 0.2) is 5.96 Å². The summed E-state index contributed by atoms with van der Waals surface area (Å²) in [7, 11) is 0. The lowest BCUT2D eigenvalue weighted by Gasteiger charge is -2.15. The van der Waals surface area contributed by atoms with Gasteiger partial charge in [0.05, 0.1) is 6.54 Å². The first-order valence-corrected chi connectivity index (χ1v) is 8.44. The van der Waals surface area contributed by atoms with E-state index in [0.29, 0.717) is 31.4 Å². The number of carbonyl (C=O) groups excluding carboxylic acids is 1. The summed E-state index contributed by atoms with van der Waals surface area (Å²) < 4.78 is 0. The van der Waals surface area contributed by atoms with E-state index in [-0.39, 0.29) is 5.91 Å². The molecule has 0 unspecified atom stereocenters. The number of nitrogens with zero attached hydrogens (tertiary/aromatic N) is 2. The molecule has 126 valence electrons. The Balaban J connectivity index is 1.85. The Morgan fingerprint density at radius 3 is 2.87 bits per heavy atom. The zero-order valence-electron chi connectivity index (χ0n) is 14.2. The lowest BCUT2D eigenvalue weighted by molar-refractivity contribution is -0.128. The Morgan fingerprint density at radius 2 is 2.17 bits per heavy atom. The van der Waals surface area contributed by atoms with Crippen molar-refractivity contribution in [2.24, 2.45) is 16.6 Å². The van der Waals surface area contributed by atoms with Crippen molar-refractivity contribution in [1.82, 2.24) is 10.2 Å². The molecule has 5 nitrogen and oxygen atoms in total. The molecule has 5 heteroatoms. The largest absolute Gasteiger partial charge is 0.370 e. The van der Waals surface area contributed by atoms with E-state index in [1.807, 2.05) is 17.0 Å². The maximum absolute atomic E-state index is 11.7. The molecule has 1 saturated heterocycles. The van der Waals surface area contributed by atoms with Gasteiger partial charge in [-0.3, -0.25) is 4.79 Å². The van der Waals surface area contributed by atoms with Gasteiger partial charge in [-0.25, -0.2) is 4.99 Å². The van der Waals surface area contributed by atoms with Gasteiger partial charge in [0.25, 0.3) is 0 Å². The fourth-order valence-electron chi connectivity index (χ4n) is 2.64. The highest BCUT2D eigenvalue weighted by molar-refractivity contribution is 5.78. The number of carbonyl (C=O) groups is 1. The molecule has 0 radical (unpaired) electrons. The van der Waals surface area contributed by atoms with Crippen LogP contribution in [0.4, 0.5) is 0 Å². The Labute approximate surface area is 139 Å². The first kappa shape index (κ1) is 17.3. The van der Waals surface area contributed by atoms with E-state index in [9.17, 15) is 4.79 Å². The van der Waals surface area contributed by atoms with E-state index in [1.54, 1.807) is 0 Å². The second-order valence-corrected chi connectivity index (χ2v) is 6.55. The van der Waals surface area contributed by atoms with Crippen LogP contribution >= 0.6 is 0 Å². The average molecular weight is 316 g/mol. The van der Waals surface area contributed by atoms with Crippen molar-refractivity contribution in [2.45, 2.75) is 46.2 Å². The van der Waals surface area contributed by atoms with Crippen LogP contribution in [-0.2, 0) is 17.9 Å². The second kappa shape index (κ2) is 8.56. The topological polar surface area (TPSA) is 70.7 Å². The summed E-state index contributed by atoms with van der Waals surface area (Å²) in [5.41, 5.74) is 8.15. The highest BCUT2D eigenvalue weighted by Gasteiger charge is 2.19. The SMILES string of the molecule is CC(C)CCNC(N)=NCc1cccc(CN2CCCC2=O)c1. The predicted octanol–water partition coefficient (Wildman–Crippen LogP) is 2.26. The van der Waals surface area contributed by atoms with Gasteiger partial charge in [0.2, 0.25) is 5.91 Å². The Hall–Kier alpha value is -2.04. The fourth-order valence-corrected chi connectivity index (χ4v) is 2.64. The maximum atomic E-state index is 11.7. The zero-order chi connectivity index (χ0) is 16.7. The van der Waals surface area contributed by atoms with Gasteiger partial charge >= 0.3 is 0 Å². The fraction of sp³-hybridized carbons (Fsp3) is 0.556. The minimum Gasteiger partial charge on any atom is -0.370 e. The molecular formula is C18H28N4O. The summed E-state index contributed by atoms with van der Waals surface area (Å²) in [4.78, 5) is 18.0. The van der Waals surface area contributed by atoms with E-state index < -0.39 is 0 Å². The third-order valence-electron chi connectivity index (χ3n) is 4.00. The van der Waals surface area contributed by atoms with Crippen LogP contribution in [-0.4, -0.2) is 29.9 Å². The van der Waals surface area contributed by atoms with Crippen LogP contribution < -0.4 is 11.1 Å². The molecule has 0 aromatic heterocycles. The van der Waals surface area contributed by atoms with E-state index >= 15 is 0 Å². The van der Waals surface area contributed by atoms with Crippen LogP contribution in [0.5, 0.6) is 0 Å². The van der Waals surface area contributed by atoms with Crippen LogP contribution in [0.3, 0.4) is 0 Å². The molecule has 0 aliphatic carbocycles. The molecule has 0 bridgehead atoms. The molecule has 1 aromatic carbocycles. The highest BCUT2D eigenvalue weighted by Crippen LogP contribution is 2.15. The van der Waals surface area contributed by atoms with Gasteiger partial charge in [-0.1, -0.05) is 38.1 Å². The number of benzene rings is 1. The number of nitrogens with one attached hydrogen (secondary N) is 1. The lowest BCUT2D eigenvalue weighted by atomic mass is 10.1. The predicted molar refractivity (Wildman–Crippen MR) is 93.9 cm³/mol. The van der Waals surface area contributed by atoms with Gasteiger partial charge in [0.1, 0.15) is 0 Å². The summed E-state index contributed by atoms with van der Waals surface area (Å²) in [6.45, 7) is 7.34. The number of rotatable bonds is 7. The quantitative estimate of drug-likeness (QED) is 0.599. The van der Waals surface area contributed by atoms with Gasteiger partial charge in [-0.2, -0.15) is 0 Å². The standard InChI is InChI=1S/C18H28N4O/c1-14(2)8-9-20-18(19)21-12-15-5-3-6-16(11-15)13-22-10-4-7-17(22)23/h3,5-6,11,14H,4,7-10,12-13H2,1-2H3,(H3,19,20,21). The third kappa shape index (κ3) is 5.93. The minimum absolute atomic E-state index is 0.257. The monoisotopic (exact) mass is 316 g/mol. The third-order valence-corrected chi connectivity index (χ3v) is 4.00. The Bertz CT molecular complexity index is 554. The molecule has 1 amide bonds. The number of hydrogen-bond acceptors (Lipinski definition) is 2. The molecule has 1 fully saturated rings. The number of amides is 1. The van der Waals surface area contributed by atoms with E-state index in [1.165, 1.54) is 0 Å². The zero-order valence-corrected chi connectivity index (χ0v) is 14.2. The van der Waals surface area contributed by atoms with Crippen LogP contribution in [0.2, 0.25) is 0 Å². The Morgan fingerprint density at radius 1 is 1.39 bits per heavy atom. The van der Waals surface area contributed by atoms with Crippen molar-refractivity contribution < 1.29 is 4.79 Å². The van der Waals surface area contributed by atoms with Crippen molar-refractivity contribution >= 4 is 11.9 Å². The molecule has 0 saturated carbocycles. The molecule has 2 rings (SSSR count). The van der Waals surface area contributed by atoms with Crippen LogP contribution in [0.25, 0.3) is 0 Å². The molecule has 1 aliphatic rings. The molecule has 1 aliphatic heterocycles. The molecule has 1 aromatic rings. The van der Waals surface area contributed by atoms with Gasteiger partial charge in [-0.05, 0) is 29.9 Å². The lowest BCUT2D eigenvalue weighted by Crippen LogP contribution is -2.32. The number of nitrogens with two attached hydrogens (primary N) is 1. The molecule has 0 spiro atoms. The summed E-state index contributed by atoms with van der Waals surface area (Å²) in [5, 5.41) is 3.14. The van der Waals surface area contributed by atoms with Gasteiger partial charge in [0, 0.05) is 26.1 Å². The summed E-state index contributed by atoms with van der Waals surface area (Å²) >= 11 is 0. The Kier molecular flexibility index (Phi) is 6.44. The summed E-state index contributed by atoms with van der Waals surface area (Å²) in [6.07, 6.45) is 2.74. The number of guanidine groups is 1. The molecule has 3 N–H and O–H groups in total. The van der Waals surface area contributed by atoms with E-state index in [4.69, 9.17) is 5.73 Å². The van der Waals surface area contributed by atoms with Crippen LogP contribution in [0, 0.1) is 5.92 Å². The van der Waals surface area contributed by atoms with Crippen molar-refractivity contribution in [3.8, 4) is 0 Å². The first-order chi connectivity index (χ1) is 11.0. The normalized spacial score (nSPS) is 15.5. The second-order valence-electron chi connectivity index (χ2n) is 6.55. The van der Waals surface area contributed by atoms with Crippen LogP contribution in [0.1, 0.15) is 44.2 Å². The summed E-state index contributed by atoms with van der Waals surface area (Å²) in [6, 6.07) is 8.23. The van der Waals surface area contributed by atoms with Crippen LogP contribution in [0.15, 0.2) is 29.3 Å². The number of aliphatic imine (C=N–C) groups is 1. The van der Waals surface area contributed by atoms with Crippen molar-refractivity contribution in [2.75, 3.05) is 13.1 Å². The minimum atomic E-state index is 0.257. The van der Waals surface area contributed by atoms with Gasteiger partial charge < -0.3 is 16.0 Å². The van der Waals surface area contributed by atoms with Gasteiger partial charge in [-0.15, -0.1) is 0 Å². The molecule has 23 heavy (non-hydrogen) atoms. The van der Waals surface area contributed by atoms with Crippen molar-refractivity contribution in [1.29, 1.82) is 0 Å². The maximum Gasteiger partial charge on any atom is 0.222 e. The first-order valence-electron chi connectivity index (χ1n) is 8.44. The number of hydrogen-bond donors (Lipinski definition) is 2.